The lowest BCUT2D eigenvalue weighted by Gasteiger charge is -2.42. The number of carbonyl (C=O) groups is 12. The number of hydrogen-bond acceptors (Lipinski definition) is 13. The van der Waals surface area contributed by atoms with Gasteiger partial charge in [-0.05, 0) is 124 Å². The molecular weight excluding hydrogens is 1440 g/mol. The maximum absolute atomic E-state index is 15.7. The molecule has 2 bridgehead atoms. The van der Waals surface area contributed by atoms with Gasteiger partial charge in [0.15, 0.2) is 0 Å². The smallest absolute Gasteiger partial charge is 0.378 e. The molecule has 0 aromatic heterocycles. The molecule has 0 radical (unpaired) electrons. The van der Waals surface area contributed by atoms with E-state index in [9.17, 15) is 45.5 Å². The summed E-state index contributed by atoms with van der Waals surface area (Å²) in [7, 11) is 8.13. The monoisotopic (exact) mass is 1540 g/mol. The highest BCUT2D eigenvalue weighted by Gasteiger charge is 2.52. The molecule has 3 saturated heterocycles. The quantitative estimate of drug-likeness (QED) is 0.166. The molecule has 1 spiro atoms. The van der Waals surface area contributed by atoms with Gasteiger partial charge in [0, 0.05) is 74.9 Å². The van der Waals surface area contributed by atoms with E-state index in [1.165, 1.54) is 66.8 Å². The molecule has 1 unspecified atom stereocenters. The molecule has 2 aromatic carbocycles. The van der Waals surface area contributed by atoms with Crippen molar-refractivity contribution in [3.63, 3.8) is 0 Å². The van der Waals surface area contributed by atoms with E-state index in [1.54, 1.807) is 26.0 Å². The van der Waals surface area contributed by atoms with Gasteiger partial charge >= 0.3 is 12.4 Å². The second-order valence-electron chi connectivity index (χ2n) is 30.3. The van der Waals surface area contributed by atoms with E-state index in [2.05, 4.69) is 16.0 Å². The lowest BCUT2D eigenvalue weighted by atomic mass is 9.90. The van der Waals surface area contributed by atoms with Crippen LogP contribution in [0.1, 0.15) is 153 Å². The summed E-state index contributed by atoms with van der Waals surface area (Å²) in [4.78, 5) is 193. The summed E-state index contributed by atoms with van der Waals surface area (Å²) in [5.74, 6) is -10.3. The summed E-state index contributed by atoms with van der Waals surface area (Å²) in [6, 6.07) is -4.22. The molecule has 108 heavy (non-hydrogen) atoms. The van der Waals surface area contributed by atoms with Crippen LogP contribution in [0, 0.1) is 17.8 Å². The molecule has 25 nitrogen and oxygen atoms in total. The first-order valence-corrected chi connectivity index (χ1v) is 37.9. The highest BCUT2D eigenvalue weighted by Crippen LogP contribution is 2.39. The Morgan fingerprint density at radius 1 is 0.630 bits per heavy atom. The molecule has 3 N–H and O–H groups in total. The summed E-state index contributed by atoms with van der Waals surface area (Å²) < 4.78 is 89.4. The molecule has 8 rings (SSSR count). The lowest BCUT2D eigenvalue weighted by Crippen LogP contribution is -2.65. The lowest BCUT2D eigenvalue weighted by molar-refractivity contribution is -0.157. The Hall–Kier alpha value is -8.35. The third-order valence-corrected chi connectivity index (χ3v) is 22.7. The average Bonchev–Trinajstić information content (AvgIpc) is 1.52. The van der Waals surface area contributed by atoms with E-state index in [4.69, 9.17) is 16.3 Å². The number of benzene rings is 2. The summed E-state index contributed by atoms with van der Waals surface area (Å²) in [5, 5.41) is 7.94. The van der Waals surface area contributed by atoms with Gasteiger partial charge in [-0.15, -0.1) is 0 Å². The minimum absolute atomic E-state index is 0.0279. The maximum atomic E-state index is 15.7. The Morgan fingerprint density at radius 2 is 1.27 bits per heavy atom. The Bertz CT molecular complexity index is 3640. The van der Waals surface area contributed by atoms with Crippen molar-refractivity contribution in [3.05, 3.63) is 81.9 Å². The molecule has 6 aliphatic rings. The summed E-state index contributed by atoms with van der Waals surface area (Å²) >= 11 is 6.16. The van der Waals surface area contributed by atoms with Crippen molar-refractivity contribution < 1.29 is 88.6 Å². The Labute approximate surface area is 632 Å². The standard InChI is InChI=1S/C76H105ClF6N12O13/c1-11-47(4)63-71(105)88(6)45-62(98)89(7)56-22-13-12-18-34-95(70(56)104)59(42-49-24-28-51(29-25-49)75(78,79)80)68(102)87(5)44-60(96)84-54(31-27-48-26-30-52(53(77)41-48)76(81,82)83)67(101)94-35-19-23-55(94)66(100)86-74(32-16-17-33-74)73(107)92(10)64(50-20-14-15-21-50)72(106)91(9)58(69(103)93-36-38-108-39-37-93)43-61(97)90(8)57(40-46(2)3)65(99)85-63/h12,18,24-26,28-30,41,46-47,50,54-59,63-64H,11,13-17,19-23,27,31-40,42-45H2,1-10H3,(H,84,96)(H,85,99)(H,86,100)/b18-12-/t47?,54-,55-,56-,57-,58-,59-,63+,64-/m0/s1. The van der Waals surface area contributed by atoms with Gasteiger partial charge in [0.1, 0.15) is 53.9 Å². The topological polar surface area (TPSA) is 279 Å². The van der Waals surface area contributed by atoms with Gasteiger partial charge in [-0.3, -0.25) is 57.5 Å². The van der Waals surface area contributed by atoms with Crippen molar-refractivity contribution in [2.45, 2.75) is 209 Å². The van der Waals surface area contributed by atoms with Gasteiger partial charge < -0.3 is 64.8 Å². The van der Waals surface area contributed by atoms with E-state index in [0.29, 0.717) is 44.9 Å². The van der Waals surface area contributed by atoms with Crippen LogP contribution in [-0.2, 0) is 87.5 Å². The Kier molecular flexibility index (Phi) is 29.1. The number of carbonyl (C=O) groups excluding carboxylic acids is 12. The van der Waals surface area contributed by atoms with Crippen LogP contribution < -0.4 is 16.0 Å². The molecular formula is C76H105ClF6N12O13. The molecule has 9 atom stereocenters. The molecule has 596 valence electrons. The van der Waals surface area contributed by atoms with E-state index in [1.807, 2.05) is 13.8 Å². The minimum atomic E-state index is -4.82. The number of allylic oxidation sites excluding steroid dienone is 1. The molecule has 32 heteroatoms. The number of amides is 12. The Morgan fingerprint density at radius 3 is 1.88 bits per heavy atom. The van der Waals surface area contributed by atoms with Gasteiger partial charge in [0.05, 0.1) is 48.9 Å². The predicted octanol–water partition coefficient (Wildman–Crippen LogP) is 6.26. The second kappa shape index (κ2) is 36.9. The largest absolute Gasteiger partial charge is 0.417 e. The van der Waals surface area contributed by atoms with Crippen LogP contribution in [0.4, 0.5) is 26.3 Å². The fourth-order valence-electron chi connectivity index (χ4n) is 15.8. The number of likely N-dealkylation sites (N-methyl/N-ethyl adjacent to an activating group) is 6. The fourth-order valence-corrected chi connectivity index (χ4v) is 16.1. The maximum Gasteiger partial charge on any atom is 0.417 e. The zero-order chi connectivity index (χ0) is 79.4. The molecule has 2 aromatic rings. The predicted molar refractivity (Wildman–Crippen MR) is 386 cm³/mol. The zero-order valence-corrected chi connectivity index (χ0v) is 64.2. The number of nitrogens with one attached hydrogen (secondary N) is 3. The number of rotatable bonds is 11. The van der Waals surface area contributed by atoms with Gasteiger partial charge in [-0.1, -0.05) is 102 Å². The van der Waals surface area contributed by atoms with Crippen molar-refractivity contribution in [2.75, 3.05) is 94.8 Å². The number of morpholine rings is 1. The van der Waals surface area contributed by atoms with Crippen molar-refractivity contribution in [3.8, 4) is 0 Å². The molecule has 2 saturated carbocycles. The normalized spacial score (nSPS) is 26.4. The number of hydrogen-bond donors (Lipinski definition) is 3. The van der Waals surface area contributed by atoms with Crippen LogP contribution in [0.5, 0.6) is 0 Å². The van der Waals surface area contributed by atoms with Crippen molar-refractivity contribution >= 4 is 82.5 Å². The van der Waals surface area contributed by atoms with Gasteiger partial charge in [0.2, 0.25) is 70.9 Å². The van der Waals surface area contributed by atoms with Gasteiger partial charge in [-0.2, -0.15) is 26.3 Å². The summed E-state index contributed by atoms with van der Waals surface area (Å²) in [6.45, 7) is 5.90. The third kappa shape index (κ3) is 20.6. The first kappa shape index (κ1) is 85.3. The first-order valence-electron chi connectivity index (χ1n) is 37.5. The number of ether oxygens (including phenoxy) is 1. The van der Waals surface area contributed by atoms with Crippen LogP contribution in [0.2, 0.25) is 5.02 Å². The van der Waals surface area contributed by atoms with Crippen molar-refractivity contribution in [2.24, 2.45) is 17.8 Å². The number of nitrogens with zero attached hydrogens (tertiary/aromatic N) is 9. The molecule has 4 heterocycles. The third-order valence-electron chi connectivity index (χ3n) is 22.4. The van der Waals surface area contributed by atoms with Crippen molar-refractivity contribution in [1.29, 1.82) is 0 Å². The Balaban J connectivity index is 1.21. The van der Waals surface area contributed by atoms with Crippen LogP contribution in [0.3, 0.4) is 0 Å². The first-order chi connectivity index (χ1) is 50.9. The molecule has 5 fully saturated rings. The highest BCUT2D eigenvalue weighted by atomic mass is 35.5. The molecule has 4 aliphatic heterocycles. The summed E-state index contributed by atoms with van der Waals surface area (Å²) in [6.07, 6.45) is -3.36. The number of fused-ring (bicyclic) bond motifs is 3. The number of alkyl halides is 6. The second-order valence-corrected chi connectivity index (χ2v) is 30.7. The van der Waals surface area contributed by atoms with E-state index in [-0.39, 0.29) is 114 Å². The number of aryl methyl sites for hydroxylation is 1. The van der Waals surface area contributed by atoms with E-state index in [0.717, 1.165) is 62.1 Å². The molecule has 2 aliphatic carbocycles. The van der Waals surface area contributed by atoms with Crippen LogP contribution in [0.15, 0.2) is 54.6 Å². The highest BCUT2D eigenvalue weighted by molar-refractivity contribution is 6.31. The van der Waals surface area contributed by atoms with Gasteiger partial charge in [-0.25, -0.2) is 0 Å². The fraction of sp³-hybridized carbons (Fsp3) is 0.658. The zero-order valence-electron chi connectivity index (χ0n) is 63.4. The van der Waals surface area contributed by atoms with Gasteiger partial charge in [0.25, 0.3) is 0 Å². The van der Waals surface area contributed by atoms with E-state index < -0.39 is 191 Å². The molecule has 12 amide bonds. The summed E-state index contributed by atoms with van der Waals surface area (Å²) in [5.41, 5.74) is -3.40. The van der Waals surface area contributed by atoms with Crippen molar-refractivity contribution in [1.82, 2.24) is 60.0 Å². The number of halogens is 7. The average molecular weight is 1540 g/mol. The minimum Gasteiger partial charge on any atom is -0.378 e. The van der Waals surface area contributed by atoms with Crippen LogP contribution in [0.25, 0.3) is 0 Å². The SMILES string of the molecule is CCC(C)[C@H]1NC(=O)[C@H](CC(C)C)N(C)C(=O)C[C@@H](C(=O)N2CCOCC2)N(C)C(=O)[C@H](C2CCCC2)N(C)C(=O)C2(CCCC2)NC(=O)[C@@H]2CCCN2C(=O)[C@H](CCc2ccc(C(F)(F)F)c(Cl)c2)NC(=O)CN(C)C(=O)[C@H](Cc2ccc(C(F)(F)F)cc2)N2C/C=C\CC[C@@H](C2=O)N(C)C(=O)CN(C)C1=O. The van der Waals surface area contributed by atoms with Crippen LogP contribution in [-0.4, -0.2) is 264 Å². The van der Waals surface area contributed by atoms with Crippen LogP contribution >= 0.6 is 11.6 Å². The van der Waals surface area contributed by atoms with E-state index >= 15 is 38.4 Å².